The summed E-state index contributed by atoms with van der Waals surface area (Å²) in [6.07, 6.45) is 0. The maximum atomic E-state index is 6.64. The van der Waals surface area contributed by atoms with Crippen molar-refractivity contribution < 1.29 is 0 Å². The first-order valence-corrected chi connectivity index (χ1v) is 10.1. The van der Waals surface area contributed by atoms with Gasteiger partial charge in [0.2, 0.25) is 0 Å². The first-order chi connectivity index (χ1) is 14.0. The average molecular weight is 377 g/mol. The monoisotopic (exact) mass is 376 g/mol. The molecule has 2 heteroatoms. The molecule has 0 unspecified atom stereocenters. The molecule has 0 bridgehead atoms. The van der Waals surface area contributed by atoms with E-state index in [2.05, 4.69) is 80.6 Å². The minimum Gasteiger partial charge on any atom is -0.398 e. The molecule has 0 saturated carbocycles. The lowest BCUT2D eigenvalue weighted by Crippen LogP contribution is -1.94. The lowest BCUT2D eigenvalue weighted by atomic mass is 9.90. The van der Waals surface area contributed by atoms with Crippen molar-refractivity contribution in [3.05, 3.63) is 84.4 Å². The molecular formula is C27H24N2. The number of benzene rings is 5. The Morgan fingerprint density at radius 3 is 1.93 bits per heavy atom. The fourth-order valence-electron chi connectivity index (χ4n) is 4.41. The van der Waals surface area contributed by atoms with Crippen LogP contribution < -0.4 is 11.5 Å². The minimum absolute atomic E-state index is 0.516. The van der Waals surface area contributed by atoms with E-state index >= 15 is 0 Å². The van der Waals surface area contributed by atoms with Crippen LogP contribution in [0.2, 0.25) is 0 Å². The van der Waals surface area contributed by atoms with Crippen LogP contribution in [-0.2, 0) is 0 Å². The Morgan fingerprint density at radius 2 is 1.21 bits per heavy atom. The molecule has 0 aliphatic rings. The zero-order chi connectivity index (χ0) is 20.1. The van der Waals surface area contributed by atoms with E-state index in [9.17, 15) is 0 Å². The third kappa shape index (κ3) is 2.72. The molecule has 5 aromatic carbocycles. The van der Waals surface area contributed by atoms with Crippen molar-refractivity contribution in [2.24, 2.45) is 0 Å². The van der Waals surface area contributed by atoms with E-state index in [-0.39, 0.29) is 0 Å². The molecule has 0 amide bonds. The van der Waals surface area contributed by atoms with Gasteiger partial charge in [-0.2, -0.15) is 0 Å². The van der Waals surface area contributed by atoms with Crippen molar-refractivity contribution in [2.45, 2.75) is 19.8 Å². The Balaban J connectivity index is 1.85. The van der Waals surface area contributed by atoms with Gasteiger partial charge in [0.05, 0.1) is 0 Å². The Labute approximate surface area is 170 Å². The van der Waals surface area contributed by atoms with Gasteiger partial charge in [-0.25, -0.2) is 0 Å². The van der Waals surface area contributed by atoms with Gasteiger partial charge in [0, 0.05) is 22.1 Å². The predicted octanol–water partition coefficient (Wildman–Crippen LogP) is 7.10. The van der Waals surface area contributed by atoms with Crippen molar-refractivity contribution >= 4 is 43.7 Å². The van der Waals surface area contributed by atoms with E-state index in [1.165, 1.54) is 11.1 Å². The van der Waals surface area contributed by atoms with Gasteiger partial charge in [-0.3, -0.25) is 0 Å². The molecule has 0 aliphatic carbocycles. The average Bonchev–Trinajstić information content (AvgIpc) is 2.75. The van der Waals surface area contributed by atoms with E-state index < -0.39 is 0 Å². The van der Waals surface area contributed by atoms with E-state index in [0.29, 0.717) is 5.92 Å². The molecule has 142 valence electrons. The molecule has 29 heavy (non-hydrogen) atoms. The van der Waals surface area contributed by atoms with Crippen LogP contribution in [0.25, 0.3) is 43.4 Å². The second-order valence-electron chi connectivity index (χ2n) is 8.08. The summed E-state index contributed by atoms with van der Waals surface area (Å²) in [5.41, 5.74) is 18.3. The molecule has 4 N–H and O–H groups in total. The SMILES string of the molecule is CC(C)c1ccc(-c2cccc3c2c(N)cc2c4ccccc4c(N)cc32)cc1. The highest BCUT2D eigenvalue weighted by Crippen LogP contribution is 2.41. The lowest BCUT2D eigenvalue weighted by Gasteiger charge is -2.15. The van der Waals surface area contributed by atoms with Gasteiger partial charge in [0.1, 0.15) is 0 Å². The van der Waals surface area contributed by atoms with Crippen LogP contribution in [0, 0.1) is 0 Å². The third-order valence-corrected chi connectivity index (χ3v) is 5.95. The molecule has 5 rings (SSSR count). The van der Waals surface area contributed by atoms with Crippen molar-refractivity contribution in [2.75, 3.05) is 11.5 Å². The van der Waals surface area contributed by atoms with Crippen molar-refractivity contribution in [1.82, 2.24) is 0 Å². The van der Waals surface area contributed by atoms with Gasteiger partial charge >= 0.3 is 0 Å². The number of hydrogen-bond donors (Lipinski definition) is 2. The Bertz CT molecular complexity index is 1380. The summed E-state index contributed by atoms with van der Waals surface area (Å²) in [5.74, 6) is 0.516. The molecule has 0 aromatic heterocycles. The topological polar surface area (TPSA) is 52.0 Å². The number of nitrogen functional groups attached to an aromatic ring is 2. The zero-order valence-corrected chi connectivity index (χ0v) is 16.7. The van der Waals surface area contributed by atoms with Crippen LogP contribution in [0.1, 0.15) is 25.3 Å². The highest BCUT2D eigenvalue weighted by Gasteiger charge is 2.13. The highest BCUT2D eigenvalue weighted by molar-refractivity contribution is 6.24. The molecule has 2 nitrogen and oxygen atoms in total. The van der Waals surface area contributed by atoms with E-state index in [0.717, 1.165) is 49.3 Å². The maximum Gasteiger partial charge on any atom is 0.0406 e. The molecule has 0 atom stereocenters. The third-order valence-electron chi connectivity index (χ3n) is 5.95. The molecule has 0 spiro atoms. The van der Waals surface area contributed by atoms with Crippen molar-refractivity contribution in [3.63, 3.8) is 0 Å². The normalized spacial score (nSPS) is 11.7. The van der Waals surface area contributed by atoms with Crippen molar-refractivity contribution in [1.29, 1.82) is 0 Å². The van der Waals surface area contributed by atoms with Gasteiger partial charge < -0.3 is 11.5 Å². The Hall–Kier alpha value is -3.52. The van der Waals surface area contributed by atoms with Gasteiger partial charge in [0.25, 0.3) is 0 Å². The summed E-state index contributed by atoms with van der Waals surface area (Å²) in [5, 5.41) is 6.73. The molecule has 5 aromatic rings. The quantitative estimate of drug-likeness (QED) is 0.255. The molecule has 0 heterocycles. The van der Waals surface area contributed by atoms with Crippen LogP contribution in [0.3, 0.4) is 0 Å². The summed E-state index contributed by atoms with van der Waals surface area (Å²) < 4.78 is 0. The number of hydrogen-bond acceptors (Lipinski definition) is 2. The van der Waals surface area contributed by atoms with Crippen LogP contribution >= 0.6 is 0 Å². The smallest absolute Gasteiger partial charge is 0.0406 e. The molecular weight excluding hydrogens is 352 g/mol. The van der Waals surface area contributed by atoms with Gasteiger partial charge in [-0.05, 0) is 56.3 Å². The number of nitrogens with two attached hydrogens (primary N) is 2. The fraction of sp³-hybridized carbons (Fsp3) is 0.111. The molecule has 0 aliphatic heterocycles. The van der Waals surface area contributed by atoms with Gasteiger partial charge in [0.15, 0.2) is 0 Å². The Morgan fingerprint density at radius 1 is 0.586 bits per heavy atom. The number of fused-ring (bicyclic) bond motifs is 5. The first kappa shape index (κ1) is 17.6. The van der Waals surface area contributed by atoms with Crippen molar-refractivity contribution in [3.8, 4) is 11.1 Å². The molecule has 0 radical (unpaired) electrons. The highest BCUT2D eigenvalue weighted by atomic mass is 14.6. The standard InChI is InChI=1S/C27H24N2/c1-16(2)17-10-12-18(13-11-17)19-8-5-9-22-24-14-25(28)21-7-4-3-6-20(21)23(24)15-26(29)27(19)22/h3-16H,28-29H2,1-2H3. The summed E-state index contributed by atoms with van der Waals surface area (Å²) in [6.45, 7) is 4.43. The van der Waals surface area contributed by atoms with Crippen LogP contribution in [0.5, 0.6) is 0 Å². The summed E-state index contributed by atoms with van der Waals surface area (Å²) >= 11 is 0. The van der Waals surface area contributed by atoms with Gasteiger partial charge in [-0.15, -0.1) is 0 Å². The largest absolute Gasteiger partial charge is 0.398 e. The summed E-state index contributed by atoms with van der Waals surface area (Å²) in [4.78, 5) is 0. The first-order valence-electron chi connectivity index (χ1n) is 10.1. The lowest BCUT2D eigenvalue weighted by molar-refractivity contribution is 0.867. The molecule has 0 saturated heterocycles. The minimum atomic E-state index is 0.516. The maximum absolute atomic E-state index is 6.64. The Kier molecular flexibility index (Phi) is 3.95. The predicted molar refractivity (Wildman–Crippen MR) is 127 cm³/mol. The van der Waals surface area contributed by atoms with E-state index in [1.54, 1.807) is 0 Å². The van der Waals surface area contributed by atoms with Crippen LogP contribution in [-0.4, -0.2) is 0 Å². The number of rotatable bonds is 2. The van der Waals surface area contributed by atoms with E-state index in [1.807, 2.05) is 12.1 Å². The van der Waals surface area contributed by atoms with Crippen LogP contribution in [0.15, 0.2) is 78.9 Å². The number of anilines is 2. The van der Waals surface area contributed by atoms with Crippen LogP contribution in [0.4, 0.5) is 11.4 Å². The van der Waals surface area contributed by atoms with Gasteiger partial charge in [-0.1, -0.05) is 80.6 Å². The second kappa shape index (κ2) is 6.52. The molecule has 0 fully saturated rings. The zero-order valence-electron chi connectivity index (χ0n) is 16.7. The van der Waals surface area contributed by atoms with E-state index in [4.69, 9.17) is 11.5 Å². The summed E-state index contributed by atoms with van der Waals surface area (Å²) in [6, 6.07) is 27.7. The fourth-order valence-corrected chi connectivity index (χ4v) is 4.41. The second-order valence-corrected chi connectivity index (χ2v) is 8.08. The summed E-state index contributed by atoms with van der Waals surface area (Å²) in [7, 11) is 0.